The van der Waals surface area contributed by atoms with Crippen LogP contribution in [-0.4, -0.2) is 46.2 Å². The van der Waals surface area contributed by atoms with Crippen LogP contribution in [0.15, 0.2) is 54.6 Å². The van der Waals surface area contributed by atoms with Crippen LogP contribution in [0.25, 0.3) is 0 Å². The maximum Gasteiger partial charge on any atom is 0.272 e. The van der Waals surface area contributed by atoms with Crippen LogP contribution >= 0.6 is 0 Å². The Morgan fingerprint density at radius 1 is 1.11 bits per heavy atom. The molecular formula is C21H23N5O2. The third-order valence-electron chi connectivity index (χ3n) is 4.70. The van der Waals surface area contributed by atoms with E-state index in [2.05, 4.69) is 10.1 Å². The molecule has 0 fully saturated rings. The molecule has 144 valence electrons. The Bertz CT molecular complexity index is 968. The summed E-state index contributed by atoms with van der Waals surface area (Å²) in [5.74, 6) is 1.29. The van der Waals surface area contributed by atoms with Crippen LogP contribution in [0.1, 0.15) is 21.7 Å². The number of carbonyl (C=O) groups excluding carboxylic acids is 1. The molecule has 4 rings (SSSR count). The summed E-state index contributed by atoms with van der Waals surface area (Å²) in [5, 5.41) is 4.50. The molecule has 0 aliphatic carbocycles. The summed E-state index contributed by atoms with van der Waals surface area (Å²) in [5.41, 5.74) is 2.52. The van der Waals surface area contributed by atoms with Crippen molar-refractivity contribution in [2.45, 2.75) is 19.7 Å². The molecule has 0 unspecified atom stereocenters. The maximum absolute atomic E-state index is 12.9. The van der Waals surface area contributed by atoms with E-state index in [1.165, 1.54) is 0 Å². The first kappa shape index (κ1) is 18.0. The number of hydrogen-bond donors (Lipinski definition) is 0. The van der Waals surface area contributed by atoms with Gasteiger partial charge in [-0.15, -0.1) is 5.10 Å². The predicted octanol–water partition coefficient (Wildman–Crippen LogP) is 2.58. The van der Waals surface area contributed by atoms with Gasteiger partial charge < -0.3 is 14.5 Å². The topological polar surface area (TPSA) is 63.5 Å². The normalized spacial score (nSPS) is 13.1. The smallest absolute Gasteiger partial charge is 0.272 e. The van der Waals surface area contributed by atoms with E-state index in [4.69, 9.17) is 4.74 Å². The van der Waals surface area contributed by atoms with Crippen LogP contribution in [0, 0.1) is 0 Å². The molecule has 7 nitrogen and oxygen atoms in total. The quantitative estimate of drug-likeness (QED) is 0.684. The van der Waals surface area contributed by atoms with E-state index in [1.54, 1.807) is 11.0 Å². The molecule has 3 aromatic rings. The molecule has 2 aromatic heterocycles. The van der Waals surface area contributed by atoms with Crippen LogP contribution in [0.5, 0.6) is 5.88 Å². The van der Waals surface area contributed by atoms with Crippen molar-refractivity contribution in [2.75, 3.05) is 25.5 Å². The second-order valence-corrected chi connectivity index (χ2v) is 6.97. The molecular weight excluding hydrogens is 354 g/mol. The van der Waals surface area contributed by atoms with Gasteiger partial charge in [0.15, 0.2) is 0 Å². The molecule has 0 radical (unpaired) electrons. The zero-order valence-electron chi connectivity index (χ0n) is 16.1. The van der Waals surface area contributed by atoms with Gasteiger partial charge in [0, 0.05) is 26.7 Å². The molecule has 7 heteroatoms. The average molecular weight is 377 g/mol. The number of ether oxygens (including phenoxy) is 1. The second-order valence-electron chi connectivity index (χ2n) is 6.97. The molecule has 0 saturated carbocycles. The molecule has 0 atom stereocenters. The summed E-state index contributed by atoms with van der Waals surface area (Å²) in [7, 11) is 3.82. The Hall–Kier alpha value is -3.35. The highest BCUT2D eigenvalue weighted by Gasteiger charge is 2.24. The number of nitrogens with zero attached hydrogens (tertiary/aromatic N) is 5. The third kappa shape index (κ3) is 3.83. The lowest BCUT2D eigenvalue weighted by Crippen LogP contribution is -2.38. The Kier molecular flexibility index (Phi) is 4.97. The van der Waals surface area contributed by atoms with Crippen molar-refractivity contribution in [3.63, 3.8) is 0 Å². The standard InChI is InChI=1S/C21H23N5O2/c1-24(2)19-10-6-9-18(22-19)21(27)25-11-12-26-17(14-25)13-20(23-26)28-15-16-7-4-3-5-8-16/h3-10,13H,11-12,14-15H2,1-2H3. The van der Waals surface area contributed by atoms with Gasteiger partial charge >= 0.3 is 0 Å². The van der Waals surface area contributed by atoms with Crippen molar-refractivity contribution in [3.05, 3.63) is 71.5 Å². The molecule has 1 aliphatic heterocycles. The molecule has 0 bridgehead atoms. The number of amides is 1. The van der Waals surface area contributed by atoms with Gasteiger partial charge in [0.1, 0.15) is 18.1 Å². The molecule has 0 N–H and O–H groups in total. The Labute approximate surface area is 164 Å². The maximum atomic E-state index is 12.9. The van der Waals surface area contributed by atoms with E-state index < -0.39 is 0 Å². The minimum absolute atomic E-state index is 0.0668. The van der Waals surface area contributed by atoms with Gasteiger partial charge in [-0.3, -0.25) is 9.48 Å². The lowest BCUT2D eigenvalue weighted by atomic mass is 10.2. The van der Waals surface area contributed by atoms with Crippen molar-refractivity contribution in [2.24, 2.45) is 0 Å². The Balaban J connectivity index is 1.44. The highest BCUT2D eigenvalue weighted by molar-refractivity contribution is 5.92. The van der Waals surface area contributed by atoms with Gasteiger partial charge in [0.2, 0.25) is 5.88 Å². The van der Waals surface area contributed by atoms with Crippen molar-refractivity contribution in [3.8, 4) is 5.88 Å². The molecule has 3 heterocycles. The van der Waals surface area contributed by atoms with Gasteiger partial charge in [0.05, 0.1) is 18.8 Å². The third-order valence-corrected chi connectivity index (χ3v) is 4.70. The largest absolute Gasteiger partial charge is 0.472 e. The second kappa shape index (κ2) is 7.72. The van der Waals surface area contributed by atoms with Gasteiger partial charge in [0.25, 0.3) is 5.91 Å². The number of aromatic nitrogens is 3. The molecule has 28 heavy (non-hydrogen) atoms. The Morgan fingerprint density at radius 2 is 1.93 bits per heavy atom. The summed E-state index contributed by atoms with van der Waals surface area (Å²) in [6, 6.07) is 17.4. The summed E-state index contributed by atoms with van der Waals surface area (Å²) >= 11 is 0. The number of pyridine rings is 1. The van der Waals surface area contributed by atoms with Gasteiger partial charge in [-0.05, 0) is 17.7 Å². The fourth-order valence-corrected chi connectivity index (χ4v) is 3.17. The SMILES string of the molecule is CN(C)c1cccc(C(=O)N2CCn3nc(OCc4ccccc4)cc3C2)n1. The van der Waals surface area contributed by atoms with Crippen molar-refractivity contribution < 1.29 is 9.53 Å². The first-order valence-electron chi connectivity index (χ1n) is 9.27. The number of anilines is 1. The van der Waals surface area contributed by atoms with E-state index in [-0.39, 0.29) is 5.91 Å². The Morgan fingerprint density at radius 3 is 2.71 bits per heavy atom. The summed E-state index contributed by atoms with van der Waals surface area (Å²) in [6.45, 7) is 2.21. The van der Waals surface area contributed by atoms with Crippen LogP contribution in [-0.2, 0) is 19.7 Å². The first-order chi connectivity index (χ1) is 13.6. The minimum Gasteiger partial charge on any atom is -0.472 e. The fraction of sp³-hybridized carbons (Fsp3) is 0.286. The monoisotopic (exact) mass is 377 g/mol. The van der Waals surface area contributed by atoms with E-state index in [0.717, 1.165) is 17.1 Å². The predicted molar refractivity (Wildman–Crippen MR) is 106 cm³/mol. The summed E-state index contributed by atoms with van der Waals surface area (Å²) < 4.78 is 7.72. The number of carbonyl (C=O) groups is 1. The van der Waals surface area contributed by atoms with E-state index in [0.29, 0.717) is 37.8 Å². The summed E-state index contributed by atoms with van der Waals surface area (Å²) in [6.07, 6.45) is 0. The molecule has 0 saturated heterocycles. The van der Waals surface area contributed by atoms with Gasteiger partial charge in [-0.1, -0.05) is 36.4 Å². The fourth-order valence-electron chi connectivity index (χ4n) is 3.17. The highest BCUT2D eigenvalue weighted by Crippen LogP contribution is 2.20. The average Bonchev–Trinajstić information content (AvgIpc) is 3.14. The molecule has 0 spiro atoms. The number of fused-ring (bicyclic) bond motifs is 1. The van der Waals surface area contributed by atoms with E-state index >= 15 is 0 Å². The van der Waals surface area contributed by atoms with Crippen LogP contribution in [0.4, 0.5) is 5.82 Å². The lowest BCUT2D eigenvalue weighted by Gasteiger charge is -2.27. The molecule has 1 aliphatic rings. The highest BCUT2D eigenvalue weighted by atomic mass is 16.5. The minimum atomic E-state index is -0.0668. The first-order valence-corrected chi connectivity index (χ1v) is 9.27. The van der Waals surface area contributed by atoms with E-state index in [1.807, 2.05) is 72.2 Å². The number of rotatable bonds is 5. The van der Waals surface area contributed by atoms with Crippen molar-refractivity contribution >= 4 is 11.7 Å². The summed E-state index contributed by atoms with van der Waals surface area (Å²) in [4.78, 5) is 21.0. The van der Waals surface area contributed by atoms with Crippen molar-refractivity contribution in [1.82, 2.24) is 19.7 Å². The lowest BCUT2D eigenvalue weighted by molar-refractivity contribution is 0.0700. The molecule has 1 amide bonds. The van der Waals surface area contributed by atoms with Crippen LogP contribution in [0.3, 0.4) is 0 Å². The van der Waals surface area contributed by atoms with E-state index in [9.17, 15) is 4.79 Å². The van der Waals surface area contributed by atoms with Gasteiger partial charge in [-0.25, -0.2) is 4.98 Å². The van der Waals surface area contributed by atoms with Gasteiger partial charge in [-0.2, -0.15) is 0 Å². The number of hydrogen-bond acceptors (Lipinski definition) is 5. The zero-order chi connectivity index (χ0) is 19.5. The number of benzene rings is 1. The van der Waals surface area contributed by atoms with Crippen LogP contribution < -0.4 is 9.64 Å². The molecule has 1 aromatic carbocycles. The van der Waals surface area contributed by atoms with Crippen LogP contribution in [0.2, 0.25) is 0 Å². The van der Waals surface area contributed by atoms with Crippen molar-refractivity contribution in [1.29, 1.82) is 0 Å². The zero-order valence-corrected chi connectivity index (χ0v) is 16.1.